The molecule has 0 amide bonds. The molecule has 2 heterocycles. The Morgan fingerprint density at radius 2 is 1.93 bits per heavy atom. The fourth-order valence-electron chi connectivity index (χ4n) is 3.51. The van der Waals surface area contributed by atoms with Gasteiger partial charge in [0.2, 0.25) is 5.78 Å². The molecular weight excluding hydrogens is 358 g/mol. The summed E-state index contributed by atoms with van der Waals surface area (Å²) in [5.41, 5.74) is 3.98. The molecule has 0 unspecified atom stereocenters. The summed E-state index contributed by atoms with van der Waals surface area (Å²) in [7, 11) is 0. The SMILES string of the molecule is CCn1c(C)cc(C(=O)COC(=O)CCc2c(C)[nH]c(=O)c(C#N)c2C)c1C. The second kappa shape index (κ2) is 8.70. The molecule has 2 aromatic rings. The molecule has 0 spiro atoms. The fourth-order valence-corrected chi connectivity index (χ4v) is 3.51. The zero-order valence-corrected chi connectivity index (χ0v) is 16.9. The van der Waals surface area contributed by atoms with E-state index in [2.05, 4.69) is 4.98 Å². The van der Waals surface area contributed by atoms with Crippen molar-refractivity contribution in [1.82, 2.24) is 9.55 Å². The summed E-state index contributed by atoms with van der Waals surface area (Å²) in [6.45, 7) is 9.70. The number of aromatic amines is 1. The Kier molecular flexibility index (Phi) is 6.57. The van der Waals surface area contributed by atoms with E-state index in [0.29, 0.717) is 23.2 Å². The van der Waals surface area contributed by atoms with Crippen LogP contribution in [0.2, 0.25) is 0 Å². The summed E-state index contributed by atoms with van der Waals surface area (Å²) >= 11 is 0. The number of aryl methyl sites for hydroxylation is 2. The minimum atomic E-state index is -0.499. The summed E-state index contributed by atoms with van der Waals surface area (Å²) < 4.78 is 7.17. The van der Waals surface area contributed by atoms with Gasteiger partial charge in [-0.05, 0) is 58.2 Å². The number of carbonyl (C=O) groups is 2. The first-order valence-electron chi connectivity index (χ1n) is 9.19. The van der Waals surface area contributed by atoms with Crippen molar-refractivity contribution in [3.05, 3.63) is 55.8 Å². The summed E-state index contributed by atoms with van der Waals surface area (Å²) in [6, 6.07) is 3.70. The minimum absolute atomic E-state index is 0.0513. The van der Waals surface area contributed by atoms with E-state index in [0.717, 1.165) is 23.5 Å². The molecule has 0 saturated carbocycles. The Bertz CT molecular complexity index is 1020. The van der Waals surface area contributed by atoms with Gasteiger partial charge in [-0.3, -0.25) is 14.4 Å². The third kappa shape index (κ3) is 4.22. The third-order valence-electron chi connectivity index (χ3n) is 5.05. The van der Waals surface area contributed by atoms with E-state index in [1.165, 1.54) is 0 Å². The van der Waals surface area contributed by atoms with Crippen LogP contribution in [0, 0.1) is 39.0 Å². The number of H-pyrrole nitrogens is 1. The van der Waals surface area contributed by atoms with Crippen LogP contribution in [0.5, 0.6) is 0 Å². The molecule has 0 bridgehead atoms. The predicted octanol–water partition coefficient (Wildman–Crippen LogP) is 2.66. The lowest BCUT2D eigenvalue weighted by Crippen LogP contribution is -2.18. The first-order chi connectivity index (χ1) is 13.2. The molecule has 28 heavy (non-hydrogen) atoms. The largest absolute Gasteiger partial charge is 0.457 e. The van der Waals surface area contributed by atoms with Crippen molar-refractivity contribution in [1.29, 1.82) is 5.26 Å². The summed E-state index contributed by atoms with van der Waals surface area (Å²) in [5.74, 6) is -0.731. The lowest BCUT2D eigenvalue weighted by atomic mass is 9.99. The van der Waals surface area contributed by atoms with E-state index in [-0.39, 0.29) is 24.4 Å². The zero-order chi connectivity index (χ0) is 21.0. The van der Waals surface area contributed by atoms with Crippen molar-refractivity contribution in [2.45, 2.75) is 54.0 Å². The molecule has 7 heteroatoms. The van der Waals surface area contributed by atoms with Crippen molar-refractivity contribution in [3.63, 3.8) is 0 Å². The smallest absolute Gasteiger partial charge is 0.306 e. The van der Waals surface area contributed by atoms with Crippen LogP contribution >= 0.6 is 0 Å². The lowest BCUT2D eigenvalue weighted by Gasteiger charge is -2.10. The molecule has 2 aromatic heterocycles. The maximum atomic E-state index is 12.4. The molecule has 7 nitrogen and oxygen atoms in total. The number of ether oxygens (including phenoxy) is 1. The van der Waals surface area contributed by atoms with Gasteiger partial charge >= 0.3 is 5.97 Å². The number of ketones is 1. The number of aromatic nitrogens is 2. The highest BCUT2D eigenvalue weighted by Gasteiger charge is 2.18. The molecule has 148 valence electrons. The molecule has 2 rings (SSSR count). The van der Waals surface area contributed by atoms with E-state index in [1.54, 1.807) is 13.8 Å². The maximum absolute atomic E-state index is 12.4. The second-order valence-electron chi connectivity index (χ2n) is 6.78. The van der Waals surface area contributed by atoms with Crippen LogP contribution in [-0.2, 0) is 22.5 Å². The average Bonchev–Trinajstić information content (AvgIpc) is 2.93. The van der Waals surface area contributed by atoms with Crippen molar-refractivity contribution >= 4 is 11.8 Å². The first-order valence-corrected chi connectivity index (χ1v) is 9.19. The van der Waals surface area contributed by atoms with Crippen LogP contribution in [0.15, 0.2) is 10.9 Å². The molecule has 0 radical (unpaired) electrons. The molecule has 0 aromatic carbocycles. The highest BCUT2D eigenvalue weighted by atomic mass is 16.5. The Balaban J connectivity index is 2.00. The monoisotopic (exact) mass is 383 g/mol. The second-order valence-corrected chi connectivity index (χ2v) is 6.78. The summed E-state index contributed by atoms with van der Waals surface area (Å²) in [4.78, 5) is 38.9. The Morgan fingerprint density at radius 1 is 1.25 bits per heavy atom. The van der Waals surface area contributed by atoms with Crippen molar-refractivity contribution in [2.75, 3.05) is 6.61 Å². The molecule has 0 fully saturated rings. The van der Waals surface area contributed by atoms with Gasteiger partial charge in [-0.2, -0.15) is 5.26 Å². The van der Waals surface area contributed by atoms with Gasteiger partial charge < -0.3 is 14.3 Å². The Hall–Kier alpha value is -3.14. The maximum Gasteiger partial charge on any atom is 0.306 e. The number of Topliss-reactive ketones (excluding diaryl/α,β-unsaturated/α-hetero) is 1. The number of nitriles is 1. The third-order valence-corrected chi connectivity index (χ3v) is 5.05. The van der Waals surface area contributed by atoms with Crippen LogP contribution in [0.25, 0.3) is 0 Å². The number of pyridine rings is 1. The van der Waals surface area contributed by atoms with E-state index < -0.39 is 11.5 Å². The zero-order valence-electron chi connectivity index (χ0n) is 16.9. The van der Waals surface area contributed by atoms with Crippen LogP contribution < -0.4 is 5.56 Å². The van der Waals surface area contributed by atoms with E-state index in [4.69, 9.17) is 10.00 Å². The van der Waals surface area contributed by atoms with Crippen LogP contribution in [-0.4, -0.2) is 27.9 Å². The lowest BCUT2D eigenvalue weighted by molar-refractivity contribution is -0.142. The van der Waals surface area contributed by atoms with E-state index in [9.17, 15) is 14.4 Å². The van der Waals surface area contributed by atoms with Gasteiger partial charge in [0.1, 0.15) is 11.6 Å². The van der Waals surface area contributed by atoms with Gasteiger partial charge in [0.25, 0.3) is 5.56 Å². The highest BCUT2D eigenvalue weighted by molar-refractivity contribution is 5.99. The average molecular weight is 383 g/mol. The van der Waals surface area contributed by atoms with Crippen molar-refractivity contribution < 1.29 is 14.3 Å². The van der Waals surface area contributed by atoms with Crippen LogP contribution in [0.4, 0.5) is 0 Å². The van der Waals surface area contributed by atoms with Gasteiger partial charge in [-0.25, -0.2) is 0 Å². The van der Waals surface area contributed by atoms with Crippen LogP contribution in [0.1, 0.15) is 57.5 Å². The Labute approximate surface area is 163 Å². The molecule has 0 aliphatic rings. The van der Waals surface area contributed by atoms with E-state index in [1.807, 2.05) is 37.5 Å². The van der Waals surface area contributed by atoms with Gasteiger partial charge in [-0.1, -0.05) is 0 Å². The molecule has 0 aliphatic heterocycles. The number of carbonyl (C=O) groups excluding carboxylic acids is 2. The number of nitrogens with one attached hydrogen (secondary N) is 1. The van der Waals surface area contributed by atoms with Gasteiger partial charge in [0.15, 0.2) is 6.61 Å². The molecule has 1 N–H and O–H groups in total. The molecule has 0 atom stereocenters. The van der Waals surface area contributed by atoms with Crippen molar-refractivity contribution in [3.8, 4) is 6.07 Å². The van der Waals surface area contributed by atoms with Gasteiger partial charge in [0, 0.05) is 35.6 Å². The summed E-state index contributed by atoms with van der Waals surface area (Å²) in [6.07, 6.45) is 0.375. The molecular formula is C21H25N3O4. The number of esters is 1. The number of nitrogens with zero attached hydrogens (tertiary/aromatic N) is 2. The Morgan fingerprint density at radius 3 is 2.50 bits per heavy atom. The van der Waals surface area contributed by atoms with Crippen LogP contribution in [0.3, 0.4) is 0 Å². The number of hydrogen-bond donors (Lipinski definition) is 1. The van der Waals surface area contributed by atoms with Crippen molar-refractivity contribution in [2.24, 2.45) is 0 Å². The standard InChI is InChI=1S/C21H25N3O4/c1-6-24-12(2)9-17(15(24)5)19(25)11-28-20(26)8-7-16-13(3)18(10-22)21(27)23-14(16)4/h9H,6-8,11H2,1-5H3,(H,23,27). The first kappa shape index (κ1) is 21.2. The topological polar surface area (TPSA) is 105 Å². The van der Waals surface area contributed by atoms with E-state index >= 15 is 0 Å². The quantitative estimate of drug-likeness (QED) is 0.584. The number of hydrogen-bond acceptors (Lipinski definition) is 5. The van der Waals surface area contributed by atoms with Gasteiger partial charge in [-0.15, -0.1) is 0 Å². The molecule has 0 saturated heterocycles. The normalized spacial score (nSPS) is 10.6. The summed E-state index contributed by atoms with van der Waals surface area (Å²) in [5, 5.41) is 9.11. The highest BCUT2D eigenvalue weighted by Crippen LogP contribution is 2.17. The number of rotatable bonds is 7. The minimum Gasteiger partial charge on any atom is -0.457 e. The molecule has 0 aliphatic carbocycles. The van der Waals surface area contributed by atoms with Gasteiger partial charge in [0.05, 0.1) is 0 Å². The fraction of sp³-hybridized carbons (Fsp3) is 0.429. The predicted molar refractivity (Wildman–Crippen MR) is 104 cm³/mol.